The van der Waals surface area contributed by atoms with Gasteiger partial charge in [0.1, 0.15) is 0 Å². The zero-order chi connectivity index (χ0) is 15.8. The number of halogens is 3. The van der Waals surface area contributed by atoms with Crippen molar-refractivity contribution in [3.63, 3.8) is 0 Å². The van der Waals surface area contributed by atoms with E-state index in [1.165, 1.54) is 25.7 Å². The maximum Gasteiger partial charge on any atom is 0.389 e. The molecule has 1 rings (SSSR count). The molecule has 0 amide bonds. The van der Waals surface area contributed by atoms with Crippen LogP contribution in [0.5, 0.6) is 0 Å². The fraction of sp³-hybridized carbons (Fsp3) is 0.933. The number of unbranched alkanes of at least 4 members (excludes halogenated alkanes) is 1. The van der Waals surface area contributed by atoms with Gasteiger partial charge in [0, 0.05) is 26.6 Å². The van der Waals surface area contributed by atoms with Gasteiger partial charge in [0.25, 0.3) is 0 Å². The number of alkyl halides is 3. The lowest BCUT2D eigenvalue weighted by Crippen LogP contribution is -2.43. The van der Waals surface area contributed by atoms with Crippen molar-refractivity contribution in [2.24, 2.45) is 10.4 Å². The quantitative estimate of drug-likeness (QED) is 0.426. The highest BCUT2D eigenvalue weighted by molar-refractivity contribution is 5.79. The van der Waals surface area contributed by atoms with Crippen molar-refractivity contribution < 1.29 is 13.2 Å². The van der Waals surface area contributed by atoms with Gasteiger partial charge in [-0.2, -0.15) is 13.2 Å². The average Bonchev–Trinajstić information content (AvgIpc) is 2.90. The van der Waals surface area contributed by atoms with Crippen LogP contribution in [0.15, 0.2) is 4.99 Å². The molecule has 0 saturated heterocycles. The Morgan fingerprint density at radius 1 is 1.14 bits per heavy atom. The van der Waals surface area contributed by atoms with Gasteiger partial charge in [-0.25, -0.2) is 0 Å². The first kappa shape index (κ1) is 18.1. The second-order valence-electron chi connectivity index (χ2n) is 5.99. The minimum atomic E-state index is -4.05. The number of nitrogens with zero attached hydrogens (tertiary/aromatic N) is 1. The van der Waals surface area contributed by atoms with Crippen molar-refractivity contribution in [1.29, 1.82) is 0 Å². The van der Waals surface area contributed by atoms with Crippen molar-refractivity contribution in [3.8, 4) is 0 Å². The van der Waals surface area contributed by atoms with Gasteiger partial charge in [0.05, 0.1) is 0 Å². The maximum atomic E-state index is 12.0. The Morgan fingerprint density at radius 2 is 1.81 bits per heavy atom. The second-order valence-corrected chi connectivity index (χ2v) is 5.99. The lowest BCUT2D eigenvalue weighted by atomic mass is 9.83. The normalized spacial score (nSPS) is 18.8. The van der Waals surface area contributed by atoms with Crippen molar-refractivity contribution >= 4 is 5.96 Å². The van der Waals surface area contributed by atoms with Crippen LogP contribution < -0.4 is 10.6 Å². The molecule has 0 radical (unpaired) electrons. The minimum Gasteiger partial charge on any atom is -0.356 e. The first-order valence-corrected chi connectivity index (χ1v) is 7.92. The average molecular weight is 307 g/mol. The summed E-state index contributed by atoms with van der Waals surface area (Å²) in [7, 11) is 1.69. The van der Waals surface area contributed by atoms with E-state index in [2.05, 4.69) is 22.5 Å². The fourth-order valence-electron chi connectivity index (χ4n) is 2.93. The number of nitrogens with one attached hydrogen (secondary N) is 2. The van der Waals surface area contributed by atoms with Crippen LogP contribution in [0.3, 0.4) is 0 Å². The molecule has 0 atom stereocenters. The highest BCUT2D eigenvalue weighted by Crippen LogP contribution is 2.40. The zero-order valence-electron chi connectivity index (χ0n) is 13.2. The lowest BCUT2D eigenvalue weighted by molar-refractivity contribution is -0.135. The van der Waals surface area contributed by atoms with Gasteiger partial charge in [-0.3, -0.25) is 4.99 Å². The molecule has 0 aromatic rings. The monoisotopic (exact) mass is 307 g/mol. The Kier molecular flexibility index (Phi) is 7.32. The predicted molar refractivity (Wildman–Crippen MR) is 80.5 cm³/mol. The predicted octanol–water partition coefficient (Wildman–Crippen LogP) is 3.85. The molecule has 1 saturated carbocycles. The van der Waals surface area contributed by atoms with E-state index in [1.807, 2.05) is 0 Å². The molecule has 0 heterocycles. The number of rotatable bonds is 7. The van der Waals surface area contributed by atoms with E-state index in [1.54, 1.807) is 7.05 Å². The van der Waals surface area contributed by atoms with E-state index in [9.17, 15) is 13.2 Å². The fourth-order valence-corrected chi connectivity index (χ4v) is 2.93. The van der Waals surface area contributed by atoms with E-state index in [-0.39, 0.29) is 6.42 Å². The standard InChI is InChI=1S/C15H28F3N3/c1-3-14(8-4-5-9-14)12-21-13(19-2)20-11-7-6-10-15(16,17)18/h3-12H2,1-2H3,(H2,19,20,21). The third-order valence-corrected chi connectivity index (χ3v) is 4.45. The van der Waals surface area contributed by atoms with Crippen molar-refractivity contribution in [3.05, 3.63) is 0 Å². The van der Waals surface area contributed by atoms with Crippen LogP contribution in [0.4, 0.5) is 13.2 Å². The van der Waals surface area contributed by atoms with Gasteiger partial charge >= 0.3 is 6.18 Å². The molecule has 0 aromatic heterocycles. The summed E-state index contributed by atoms with van der Waals surface area (Å²) >= 11 is 0. The number of guanidine groups is 1. The van der Waals surface area contributed by atoms with Crippen molar-refractivity contribution in [1.82, 2.24) is 10.6 Å². The zero-order valence-corrected chi connectivity index (χ0v) is 13.2. The van der Waals surface area contributed by atoms with E-state index >= 15 is 0 Å². The molecule has 6 heteroatoms. The second kappa shape index (κ2) is 8.49. The Bertz CT molecular complexity index is 321. The van der Waals surface area contributed by atoms with Crippen LogP contribution in [-0.4, -0.2) is 32.3 Å². The first-order chi connectivity index (χ1) is 9.91. The molecule has 1 fully saturated rings. The molecule has 0 aliphatic heterocycles. The van der Waals surface area contributed by atoms with E-state index in [0.29, 0.717) is 24.3 Å². The molecule has 2 N–H and O–H groups in total. The summed E-state index contributed by atoms with van der Waals surface area (Å²) in [5.74, 6) is 0.696. The van der Waals surface area contributed by atoms with Crippen LogP contribution in [0.2, 0.25) is 0 Å². The highest BCUT2D eigenvalue weighted by atomic mass is 19.4. The van der Waals surface area contributed by atoms with Gasteiger partial charge in [-0.1, -0.05) is 19.8 Å². The summed E-state index contributed by atoms with van der Waals surface area (Å²) < 4.78 is 36.1. The summed E-state index contributed by atoms with van der Waals surface area (Å²) in [5.41, 5.74) is 0.369. The largest absolute Gasteiger partial charge is 0.389 e. The molecule has 21 heavy (non-hydrogen) atoms. The van der Waals surface area contributed by atoms with Crippen LogP contribution in [0.1, 0.15) is 58.3 Å². The summed E-state index contributed by atoms with van der Waals surface area (Å²) in [5, 5.41) is 6.42. The number of hydrogen-bond donors (Lipinski definition) is 2. The molecule has 0 aromatic carbocycles. The Hall–Kier alpha value is -0.940. The van der Waals surface area contributed by atoms with E-state index in [0.717, 1.165) is 13.0 Å². The summed E-state index contributed by atoms with van der Waals surface area (Å²) in [6, 6.07) is 0. The van der Waals surface area contributed by atoms with Crippen molar-refractivity contribution in [2.45, 2.75) is 64.5 Å². The van der Waals surface area contributed by atoms with Gasteiger partial charge in [0.2, 0.25) is 0 Å². The van der Waals surface area contributed by atoms with Crippen LogP contribution in [0, 0.1) is 5.41 Å². The van der Waals surface area contributed by atoms with Gasteiger partial charge in [0.15, 0.2) is 5.96 Å². The van der Waals surface area contributed by atoms with Crippen molar-refractivity contribution in [2.75, 3.05) is 20.1 Å². The number of aliphatic imine (C=N–C) groups is 1. The molecular formula is C15H28F3N3. The van der Waals surface area contributed by atoms with Gasteiger partial charge in [-0.15, -0.1) is 0 Å². The molecule has 124 valence electrons. The summed E-state index contributed by atoms with van der Waals surface area (Å²) in [6.07, 6.45) is 2.14. The minimum absolute atomic E-state index is 0.159. The SMILES string of the molecule is CCC1(CNC(=NC)NCCCCC(F)(F)F)CCCC1. The third kappa shape index (κ3) is 7.05. The molecule has 1 aliphatic carbocycles. The third-order valence-electron chi connectivity index (χ3n) is 4.45. The van der Waals surface area contributed by atoms with Gasteiger partial charge in [-0.05, 0) is 37.5 Å². The van der Waals surface area contributed by atoms with E-state index in [4.69, 9.17) is 0 Å². The Balaban J connectivity index is 2.20. The number of hydrogen-bond acceptors (Lipinski definition) is 1. The van der Waals surface area contributed by atoms with Crippen LogP contribution in [0.25, 0.3) is 0 Å². The Labute approximate surface area is 125 Å². The van der Waals surface area contributed by atoms with Crippen LogP contribution >= 0.6 is 0 Å². The lowest BCUT2D eigenvalue weighted by Gasteiger charge is -2.28. The topological polar surface area (TPSA) is 36.4 Å². The first-order valence-electron chi connectivity index (χ1n) is 7.92. The molecule has 3 nitrogen and oxygen atoms in total. The Morgan fingerprint density at radius 3 is 2.33 bits per heavy atom. The van der Waals surface area contributed by atoms with E-state index < -0.39 is 12.6 Å². The maximum absolute atomic E-state index is 12.0. The molecule has 0 bridgehead atoms. The molecule has 1 aliphatic rings. The molecule has 0 spiro atoms. The summed E-state index contributed by atoms with van der Waals surface area (Å²) in [4.78, 5) is 4.13. The summed E-state index contributed by atoms with van der Waals surface area (Å²) in [6.45, 7) is 3.64. The van der Waals surface area contributed by atoms with Gasteiger partial charge < -0.3 is 10.6 Å². The smallest absolute Gasteiger partial charge is 0.356 e. The highest BCUT2D eigenvalue weighted by Gasteiger charge is 2.31. The molecule has 0 unspecified atom stereocenters. The molecular weight excluding hydrogens is 279 g/mol. The van der Waals surface area contributed by atoms with Crippen LogP contribution in [-0.2, 0) is 0 Å².